The van der Waals surface area contributed by atoms with E-state index in [1.54, 1.807) is 0 Å². The molecule has 0 saturated heterocycles. The van der Waals surface area contributed by atoms with Crippen molar-refractivity contribution in [1.82, 2.24) is 5.32 Å². The van der Waals surface area contributed by atoms with Gasteiger partial charge in [0.1, 0.15) is 6.04 Å². The van der Waals surface area contributed by atoms with Crippen molar-refractivity contribution in [2.24, 2.45) is 5.92 Å². The number of rotatable bonds is 5. The third-order valence-electron chi connectivity index (χ3n) is 2.73. The van der Waals surface area contributed by atoms with Gasteiger partial charge in [-0.05, 0) is 24.5 Å². The lowest BCUT2D eigenvalue weighted by Crippen LogP contribution is -2.42. The number of benzene rings is 1. The Morgan fingerprint density at radius 1 is 1.29 bits per heavy atom. The summed E-state index contributed by atoms with van der Waals surface area (Å²) in [4.78, 5) is 11.1. The zero-order valence-electron chi connectivity index (χ0n) is 10.3. The van der Waals surface area contributed by atoms with Crippen molar-refractivity contribution in [1.29, 1.82) is 0 Å². The minimum atomic E-state index is -0.807. The molecule has 94 valence electrons. The highest BCUT2D eigenvalue weighted by molar-refractivity contribution is 9.10. The molecule has 1 aromatic carbocycles. The van der Waals surface area contributed by atoms with E-state index < -0.39 is 12.0 Å². The summed E-state index contributed by atoms with van der Waals surface area (Å²) in [5.41, 5.74) is 1.07. The summed E-state index contributed by atoms with van der Waals surface area (Å²) >= 11 is 3.47. The highest BCUT2D eigenvalue weighted by Crippen LogP contribution is 2.23. The molecule has 2 unspecified atom stereocenters. The lowest BCUT2D eigenvalue weighted by molar-refractivity contribution is -0.140. The fraction of sp³-hybridized carbons (Fsp3) is 0.462. The molecule has 0 spiro atoms. The van der Waals surface area contributed by atoms with Gasteiger partial charge in [0.2, 0.25) is 0 Å². The minimum Gasteiger partial charge on any atom is -0.480 e. The normalized spacial score (nSPS) is 14.6. The summed E-state index contributed by atoms with van der Waals surface area (Å²) in [6.07, 6.45) is 0. The minimum absolute atomic E-state index is 0.00549. The van der Waals surface area contributed by atoms with Gasteiger partial charge >= 0.3 is 5.97 Å². The second-order valence-electron chi connectivity index (χ2n) is 4.47. The second kappa shape index (κ2) is 6.17. The number of carboxylic acid groups (broad SMARTS) is 1. The number of carboxylic acids is 1. The average molecular weight is 300 g/mol. The Morgan fingerprint density at radius 2 is 1.88 bits per heavy atom. The van der Waals surface area contributed by atoms with E-state index in [1.165, 1.54) is 0 Å². The van der Waals surface area contributed by atoms with Gasteiger partial charge in [-0.1, -0.05) is 48.0 Å². The van der Waals surface area contributed by atoms with Crippen LogP contribution in [0.3, 0.4) is 0 Å². The van der Waals surface area contributed by atoms with E-state index >= 15 is 0 Å². The monoisotopic (exact) mass is 299 g/mol. The molecule has 3 nitrogen and oxygen atoms in total. The van der Waals surface area contributed by atoms with Gasteiger partial charge in [0, 0.05) is 10.5 Å². The molecule has 0 fully saturated rings. The van der Waals surface area contributed by atoms with Gasteiger partial charge in [-0.15, -0.1) is 0 Å². The van der Waals surface area contributed by atoms with Crippen molar-refractivity contribution in [2.45, 2.75) is 32.9 Å². The van der Waals surface area contributed by atoms with Gasteiger partial charge in [0.05, 0.1) is 0 Å². The van der Waals surface area contributed by atoms with Crippen LogP contribution in [0.15, 0.2) is 28.7 Å². The molecule has 4 heteroatoms. The highest BCUT2D eigenvalue weighted by atomic mass is 79.9. The number of carbonyl (C=O) groups is 1. The van der Waals surface area contributed by atoms with Crippen LogP contribution in [-0.2, 0) is 4.79 Å². The maximum absolute atomic E-state index is 11.1. The number of halogens is 1. The first-order valence-corrected chi connectivity index (χ1v) is 6.46. The molecule has 17 heavy (non-hydrogen) atoms. The molecule has 0 aromatic heterocycles. The van der Waals surface area contributed by atoms with E-state index in [0.717, 1.165) is 10.0 Å². The van der Waals surface area contributed by atoms with Crippen molar-refractivity contribution in [3.05, 3.63) is 34.3 Å². The predicted octanol–water partition coefficient (Wildman–Crippen LogP) is 3.21. The van der Waals surface area contributed by atoms with E-state index in [9.17, 15) is 4.79 Å². The molecule has 2 atom stereocenters. The summed E-state index contributed by atoms with van der Waals surface area (Å²) in [5, 5.41) is 12.3. The summed E-state index contributed by atoms with van der Waals surface area (Å²) in [5.74, 6) is -0.753. The Kier molecular flexibility index (Phi) is 5.15. The maximum Gasteiger partial charge on any atom is 0.320 e. The average Bonchev–Trinajstić information content (AvgIpc) is 2.25. The summed E-state index contributed by atoms with van der Waals surface area (Å²) in [6.45, 7) is 5.77. The third kappa shape index (κ3) is 3.82. The molecule has 0 aliphatic carbocycles. The molecule has 0 heterocycles. The Morgan fingerprint density at radius 3 is 2.35 bits per heavy atom. The van der Waals surface area contributed by atoms with Crippen molar-refractivity contribution in [3.63, 3.8) is 0 Å². The van der Waals surface area contributed by atoms with Crippen LogP contribution < -0.4 is 5.32 Å². The SMILES string of the molecule is CC(NC(C(=O)O)C(C)C)c1ccccc1Br. The van der Waals surface area contributed by atoms with Crippen molar-refractivity contribution < 1.29 is 9.90 Å². The van der Waals surface area contributed by atoms with Gasteiger partial charge in [0.25, 0.3) is 0 Å². The van der Waals surface area contributed by atoms with E-state index in [2.05, 4.69) is 21.2 Å². The first-order chi connectivity index (χ1) is 7.93. The smallest absolute Gasteiger partial charge is 0.320 e. The molecule has 1 aromatic rings. The summed E-state index contributed by atoms with van der Waals surface area (Å²) in [6, 6.07) is 7.30. The zero-order chi connectivity index (χ0) is 13.0. The Labute approximate surface area is 110 Å². The van der Waals surface area contributed by atoms with Gasteiger partial charge in [-0.2, -0.15) is 0 Å². The molecule has 0 aliphatic rings. The molecule has 1 rings (SSSR count). The third-order valence-corrected chi connectivity index (χ3v) is 3.46. The Hall–Kier alpha value is -0.870. The molecular formula is C13H18BrNO2. The molecule has 0 aliphatic heterocycles. The number of nitrogens with one attached hydrogen (secondary N) is 1. The van der Waals surface area contributed by atoms with Crippen molar-refractivity contribution in [2.75, 3.05) is 0 Å². The van der Waals surface area contributed by atoms with E-state index in [4.69, 9.17) is 5.11 Å². The molecule has 0 amide bonds. The Balaban J connectivity index is 2.81. The van der Waals surface area contributed by atoms with Crippen LogP contribution in [-0.4, -0.2) is 17.1 Å². The first-order valence-electron chi connectivity index (χ1n) is 5.66. The Bertz CT molecular complexity index is 393. The molecular weight excluding hydrogens is 282 g/mol. The highest BCUT2D eigenvalue weighted by Gasteiger charge is 2.23. The fourth-order valence-corrected chi connectivity index (χ4v) is 2.36. The van der Waals surface area contributed by atoms with Crippen LogP contribution in [0.1, 0.15) is 32.4 Å². The van der Waals surface area contributed by atoms with E-state index in [0.29, 0.717) is 0 Å². The maximum atomic E-state index is 11.1. The predicted molar refractivity (Wildman–Crippen MR) is 72.0 cm³/mol. The quantitative estimate of drug-likeness (QED) is 0.878. The molecule has 0 radical (unpaired) electrons. The molecule has 0 bridgehead atoms. The molecule has 0 saturated carbocycles. The number of hydrogen-bond donors (Lipinski definition) is 2. The molecule has 2 N–H and O–H groups in total. The van der Waals surface area contributed by atoms with Crippen molar-refractivity contribution in [3.8, 4) is 0 Å². The second-order valence-corrected chi connectivity index (χ2v) is 5.32. The van der Waals surface area contributed by atoms with Gasteiger partial charge in [0.15, 0.2) is 0 Å². The largest absolute Gasteiger partial charge is 0.480 e. The van der Waals surface area contributed by atoms with Crippen LogP contribution in [0, 0.1) is 5.92 Å². The van der Waals surface area contributed by atoms with E-state index in [1.807, 2.05) is 45.0 Å². The number of aliphatic carboxylic acids is 1. The van der Waals surface area contributed by atoms with Crippen LogP contribution >= 0.6 is 15.9 Å². The zero-order valence-corrected chi connectivity index (χ0v) is 11.9. The van der Waals surface area contributed by atoms with Crippen molar-refractivity contribution >= 4 is 21.9 Å². The standard InChI is InChI=1S/C13H18BrNO2/c1-8(2)12(13(16)17)15-9(3)10-6-4-5-7-11(10)14/h4-9,12,15H,1-3H3,(H,16,17). The lowest BCUT2D eigenvalue weighted by Gasteiger charge is -2.23. The van der Waals surface area contributed by atoms with Crippen LogP contribution in [0.2, 0.25) is 0 Å². The van der Waals surface area contributed by atoms with Gasteiger partial charge in [-0.25, -0.2) is 0 Å². The summed E-state index contributed by atoms with van der Waals surface area (Å²) < 4.78 is 0.993. The topological polar surface area (TPSA) is 49.3 Å². The van der Waals surface area contributed by atoms with Gasteiger partial charge in [-0.3, -0.25) is 10.1 Å². The van der Waals surface area contributed by atoms with Gasteiger partial charge < -0.3 is 5.11 Å². The van der Waals surface area contributed by atoms with Crippen LogP contribution in [0.25, 0.3) is 0 Å². The fourth-order valence-electron chi connectivity index (χ4n) is 1.73. The van der Waals surface area contributed by atoms with E-state index in [-0.39, 0.29) is 12.0 Å². The van der Waals surface area contributed by atoms with Crippen LogP contribution in [0.4, 0.5) is 0 Å². The van der Waals surface area contributed by atoms with Crippen LogP contribution in [0.5, 0.6) is 0 Å². The summed E-state index contributed by atoms with van der Waals surface area (Å²) in [7, 11) is 0. The first kappa shape index (κ1) is 14.2. The number of hydrogen-bond acceptors (Lipinski definition) is 2. The lowest BCUT2D eigenvalue weighted by atomic mass is 10.0.